The Balaban J connectivity index is 3.22. The van der Waals surface area contributed by atoms with Crippen LogP contribution < -0.4 is 5.73 Å². The summed E-state index contributed by atoms with van der Waals surface area (Å²) in [5, 5.41) is 10.0. The molecule has 3 atom stereocenters. The minimum absolute atomic E-state index is 0.137. The maximum absolute atomic E-state index is 12.9. The van der Waals surface area contributed by atoms with E-state index in [0.29, 0.717) is 0 Å². The summed E-state index contributed by atoms with van der Waals surface area (Å²) >= 11 is 0. The van der Waals surface area contributed by atoms with E-state index in [4.69, 9.17) is 10.5 Å². The number of carboxylic acid groups (broad SMARTS) is 1. The molecule has 1 amide bonds. The van der Waals surface area contributed by atoms with Crippen molar-refractivity contribution in [2.45, 2.75) is 51.8 Å². The van der Waals surface area contributed by atoms with Crippen LogP contribution in [-0.4, -0.2) is 52.6 Å². The average Bonchev–Trinajstić information content (AvgIpc) is 2.57. The lowest BCUT2D eigenvalue weighted by Gasteiger charge is -2.43. The fraction of sp³-hybridized carbons (Fsp3) is 0.526. The molecule has 1 rings (SSSR count). The van der Waals surface area contributed by atoms with Gasteiger partial charge in [-0.1, -0.05) is 44.2 Å². The van der Waals surface area contributed by atoms with E-state index in [1.54, 1.807) is 13.8 Å². The first-order chi connectivity index (χ1) is 12.0. The Hall–Kier alpha value is -2.41. The van der Waals surface area contributed by atoms with Crippen LogP contribution in [0, 0.1) is 5.92 Å². The fourth-order valence-electron chi connectivity index (χ4n) is 3.04. The molecule has 0 bridgehead atoms. The third-order valence-electron chi connectivity index (χ3n) is 4.71. The Morgan fingerprint density at radius 2 is 1.73 bits per heavy atom. The minimum atomic E-state index is -1.48. The lowest BCUT2D eigenvalue weighted by atomic mass is 9.79. The van der Waals surface area contributed by atoms with Crippen molar-refractivity contribution in [2.75, 3.05) is 7.05 Å². The molecular weight excluding hydrogens is 336 g/mol. The van der Waals surface area contributed by atoms with Gasteiger partial charge in [0.2, 0.25) is 5.91 Å². The second-order valence-corrected chi connectivity index (χ2v) is 6.78. The summed E-state index contributed by atoms with van der Waals surface area (Å²) in [6.07, 6.45) is -0.726. The predicted octanol–water partition coefficient (Wildman–Crippen LogP) is 1.45. The largest absolute Gasteiger partial charge is 0.479 e. The van der Waals surface area contributed by atoms with Crippen molar-refractivity contribution in [3.05, 3.63) is 35.9 Å². The summed E-state index contributed by atoms with van der Waals surface area (Å²) in [4.78, 5) is 37.4. The number of benzene rings is 1. The Bertz CT molecular complexity index is 647. The number of nitrogens with zero attached hydrogens (tertiary/aromatic N) is 1. The molecule has 0 aliphatic carbocycles. The van der Waals surface area contributed by atoms with Gasteiger partial charge in [-0.3, -0.25) is 9.59 Å². The molecule has 0 aliphatic rings. The zero-order chi connectivity index (χ0) is 20.1. The van der Waals surface area contributed by atoms with Gasteiger partial charge in [0, 0.05) is 20.4 Å². The summed E-state index contributed by atoms with van der Waals surface area (Å²) in [6, 6.07) is 7.96. The first kappa shape index (κ1) is 21.6. The zero-order valence-electron chi connectivity index (χ0n) is 15.9. The molecule has 0 unspecified atom stereocenters. The lowest BCUT2D eigenvalue weighted by Crippen LogP contribution is -2.64. The van der Waals surface area contributed by atoms with Gasteiger partial charge in [-0.15, -0.1) is 0 Å². The molecule has 0 radical (unpaired) electrons. The number of carbonyl (C=O) groups is 3. The quantitative estimate of drug-likeness (QED) is 0.676. The maximum atomic E-state index is 12.9. The van der Waals surface area contributed by atoms with Gasteiger partial charge in [0.05, 0.1) is 0 Å². The number of nitrogens with two attached hydrogens (primary N) is 1. The molecule has 3 N–H and O–H groups in total. The molecule has 1 aromatic carbocycles. The van der Waals surface area contributed by atoms with E-state index in [1.807, 2.05) is 30.3 Å². The van der Waals surface area contributed by atoms with E-state index in [0.717, 1.165) is 5.56 Å². The number of ether oxygens (including phenoxy) is 1. The number of carbonyl (C=O) groups excluding carboxylic acids is 2. The molecular formula is C19H28N2O5. The van der Waals surface area contributed by atoms with Crippen LogP contribution >= 0.6 is 0 Å². The highest BCUT2D eigenvalue weighted by Crippen LogP contribution is 2.30. The van der Waals surface area contributed by atoms with Crippen molar-refractivity contribution in [3.8, 4) is 0 Å². The summed E-state index contributed by atoms with van der Waals surface area (Å²) < 4.78 is 4.98. The first-order valence-corrected chi connectivity index (χ1v) is 8.51. The smallest absolute Gasteiger partial charge is 0.330 e. The minimum Gasteiger partial charge on any atom is -0.479 e. The van der Waals surface area contributed by atoms with Crippen molar-refractivity contribution in [1.82, 2.24) is 4.90 Å². The van der Waals surface area contributed by atoms with Gasteiger partial charge in [0.25, 0.3) is 0 Å². The van der Waals surface area contributed by atoms with E-state index in [-0.39, 0.29) is 12.3 Å². The molecule has 7 nitrogen and oxygen atoms in total. The summed E-state index contributed by atoms with van der Waals surface area (Å²) in [5.41, 5.74) is 5.25. The topological polar surface area (TPSA) is 110 Å². The maximum Gasteiger partial charge on any atom is 0.330 e. The van der Waals surface area contributed by atoms with Gasteiger partial charge in [-0.2, -0.15) is 0 Å². The number of likely N-dealkylation sites (N-methyl/N-ethyl adjacent to an activating group) is 1. The number of hydrogen-bond acceptors (Lipinski definition) is 5. The Morgan fingerprint density at radius 1 is 1.19 bits per heavy atom. The molecule has 0 aliphatic heterocycles. The van der Waals surface area contributed by atoms with E-state index in [1.165, 1.54) is 25.8 Å². The molecule has 0 fully saturated rings. The summed E-state index contributed by atoms with van der Waals surface area (Å²) in [6.45, 7) is 6.24. The van der Waals surface area contributed by atoms with Crippen LogP contribution in [0.1, 0.15) is 33.3 Å². The molecule has 7 heteroatoms. The Labute approximate surface area is 154 Å². The first-order valence-electron chi connectivity index (χ1n) is 8.51. The van der Waals surface area contributed by atoms with Gasteiger partial charge in [0.15, 0.2) is 0 Å². The molecule has 26 heavy (non-hydrogen) atoms. The highest BCUT2D eigenvalue weighted by atomic mass is 16.5. The molecule has 0 spiro atoms. The van der Waals surface area contributed by atoms with Crippen molar-refractivity contribution < 1.29 is 24.2 Å². The highest BCUT2D eigenvalue weighted by Gasteiger charge is 2.49. The van der Waals surface area contributed by atoms with Gasteiger partial charge in [0.1, 0.15) is 17.7 Å². The number of carboxylic acids is 1. The summed E-state index contributed by atoms with van der Waals surface area (Å²) in [5.74, 6) is -2.64. The Morgan fingerprint density at radius 3 is 2.15 bits per heavy atom. The average molecular weight is 364 g/mol. The van der Waals surface area contributed by atoms with Crippen LogP contribution in [0.15, 0.2) is 30.3 Å². The SMILES string of the molecule is CC(=O)O[C@H](C)[C@H](N)C(=O)N(C)[C@](Cc1ccccc1)(C(=O)O)C(C)C. The third-order valence-corrected chi connectivity index (χ3v) is 4.71. The van der Waals surface area contributed by atoms with Crippen LogP contribution in [0.25, 0.3) is 0 Å². The van der Waals surface area contributed by atoms with E-state index < -0.39 is 35.5 Å². The van der Waals surface area contributed by atoms with Gasteiger partial charge >= 0.3 is 11.9 Å². The van der Waals surface area contributed by atoms with E-state index in [9.17, 15) is 19.5 Å². The van der Waals surface area contributed by atoms with Crippen LogP contribution in [0.2, 0.25) is 0 Å². The predicted molar refractivity (Wildman–Crippen MR) is 97.3 cm³/mol. The number of rotatable bonds is 8. The fourth-order valence-corrected chi connectivity index (χ4v) is 3.04. The van der Waals surface area contributed by atoms with Gasteiger partial charge in [-0.25, -0.2) is 4.79 Å². The van der Waals surface area contributed by atoms with Gasteiger partial charge in [-0.05, 0) is 18.4 Å². The van der Waals surface area contributed by atoms with Crippen molar-refractivity contribution in [3.63, 3.8) is 0 Å². The van der Waals surface area contributed by atoms with Gasteiger partial charge < -0.3 is 20.5 Å². The number of hydrogen-bond donors (Lipinski definition) is 2. The summed E-state index contributed by atoms with van der Waals surface area (Å²) in [7, 11) is 1.43. The third kappa shape index (κ3) is 4.60. The molecule has 0 heterocycles. The van der Waals surface area contributed by atoms with E-state index in [2.05, 4.69) is 0 Å². The molecule has 144 valence electrons. The van der Waals surface area contributed by atoms with Crippen LogP contribution in [0.5, 0.6) is 0 Å². The number of amides is 1. The van der Waals surface area contributed by atoms with Crippen molar-refractivity contribution in [2.24, 2.45) is 11.7 Å². The Kier molecular flexibility index (Phi) is 7.32. The second-order valence-electron chi connectivity index (χ2n) is 6.78. The zero-order valence-corrected chi connectivity index (χ0v) is 15.9. The molecule has 0 aromatic heterocycles. The monoisotopic (exact) mass is 364 g/mol. The van der Waals surface area contributed by atoms with Crippen LogP contribution in [0.4, 0.5) is 0 Å². The van der Waals surface area contributed by atoms with Crippen molar-refractivity contribution >= 4 is 17.8 Å². The highest BCUT2D eigenvalue weighted by molar-refractivity contribution is 5.90. The van der Waals surface area contributed by atoms with Crippen molar-refractivity contribution in [1.29, 1.82) is 0 Å². The van der Waals surface area contributed by atoms with E-state index >= 15 is 0 Å². The standard InChI is InChI=1S/C19H28N2O5/c1-12(2)19(18(24)25,11-15-9-7-6-8-10-15)21(5)17(23)16(20)13(3)26-14(4)22/h6-10,12-13,16H,11,20H2,1-5H3,(H,24,25)/t13-,16+,19+/m1/s1. The lowest BCUT2D eigenvalue weighted by molar-refractivity contribution is -0.164. The number of aliphatic carboxylic acids is 1. The van der Waals surface area contributed by atoms with Crippen LogP contribution in [-0.2, 0) is 25.5 Å². The normalized spacial score (nSPS) is 15.7. The number of esters is 1. The molecule has 0 saturated carbocycles. The molecule has 1 aromatic rings. The molecule has 0 saturated heterocycles. The van der Waals surface area contributed by atoms with Crippen LogP contribution in [0.3, 0.4) is 0 Å². The second kappa shape index (κ2) is 8.80.